The summed E-state index contributed by atoms with van der Waals surface area (Å²) in [4.78, 5) is 4.25. The maximum atomic E-state index is 5.95. The lowest BCUT2D eigenvalue weighted by atomic mass is 10.1. The molecule has 0 saturated carbocycles. The van der Waals surface area contributed by atoms with Gasteiger partial charge in [0.2, 0.25) is 0 Å². The van der Waals surface area contributed by atoms with E-state index in [2.05, 4.69) is 60.3 Å². The molecule has 0 aliphatic heterocycles. The number of fused-ring (bicyclic) bond motifs is 1. The summed E-state index contributed by atoms with van der Waals surface area (Å²) < 4.78 is 11.8. The molecule has 1 aromatic heterocycles. The molecular weight excluding hydrogens is 372 g/mol. The Kier molecular flexibility index (Phi) is 7.97. The summed E-state index contributed by atoms with van der Waals surface area (Å²) in [5.74, 6) is 1.69. The molecule has 0 N–H and O–H groups in total. The van der Waals surface area contributed by atoms with E-state index in [0.29, 0.717) is 6.61 Å². The van der Waals surface area contributed by atoms with Gasteiger partial charge in [-0.1, -0.05) is 18.2 Å². The molecule has 2 aromatic carbocycles. The molecule has 0 fully saturated rings. The smallest absolute Gasteiger partial charge is 0.138 e. The number of benzene rings is 2. The highest BCUT2D eigenvalue weighted by Gasteiger charge is 2.04. The Morgan fingerprint density at radius 3 is 2.36 bits per heavy atom. The second-order valence-corrected chi connectivity index (χ2v) is 7.17. The van der Waals surface area contributed by atoms with Gasteiger partial charge in [-0.3, -0.25) is 0 Å². The van der Waals surface area contributed by atoms with Gasteiger partial charge >= 0.3 is 0 Å². The fourth-order valence-corrected chi connectivity index (χ4v) is 2.84. The van der Waals surface area contributed by atoms with Crippen molar-refractivity contribution in [3.05, 3.63) is 59.9 Å². The van der Waals surface area contributed by atoms with Crippen LogP contribution in [0, 0.1) is 0 Å². The molecule has 0 saturated heterocycles. The molecular formula is C23H29ClN2O2. The standard InChI is InChI=1S/C23H28N2O2.ClH/c1-24(2)14-5-15-26-21-13-9-19-16-22(27-23(19)17-21)12-8-18-6-10-20(11-7-18)25(3)4;/h6-13,16-17H,5,14-15H2,1-4H3;1H/b12-8+;. The summed E-state index contributed by atoms with van der Waals surface area (Å²) in [6.45, 7) is 1.73. The molecule has 0 bridgehead atoms. The van der Waals surface area contributed by atoms with E-state index in [1.165, 1.54) is 5.69 Å². The average molecular weight is 401 g/mol. The molecule has 0 spiro atoms. The molecule has 0 unspecified atom stereocenters. The molecule has 4 nitrogen and oxygen atoms in total. The number of rotatable bonds is 8. The highest BCUT2D eigenvalue weighted by Crippen LogP contribution is 2.25. The predicted octanol–water partition coefficient (Wildman–Crippen LogP) is 5.42. The summed E-state index contributed by atoms with van der Waals surface area (Å²) in [6, 6.07) is 16.5. The van der Waals surface area contributed by atoms with Crippen LogP contribution in [-0.2, 0) is 0 Å². The van der Waals surface area contributed by atoms with E-state index in [1.807, 2.05) is 38.4 Å². The van der Waals surface area contributed by atoms with E-state index in [4.69, 9.17) is 9.15 Å². The van der Waals surface area contributed by atoms with Gasteiger partial charge in [-0.25, -0.2) is 0 Å². The van der Waals surface area contributed by atoms with Gasteiger partial charge < -0.3 is 19.0 Å². The second-order valence-electron chi connectivity index (χ2n) is 7.17. The number of anilines is 1. The molecule has 3 aromatic rings. The Morgan fingerprint density at radius 1 is 0.929 bits per heavy atom. The van der Waals surface area contributed by atoms with Crippen molar-refractivity contribution in [3.63, 3.8) is 0 Å². The zero-order valence-corrected chi connectivity index (χ0v) is 17.8. The lowest BCUT2D eigenvalue weighted by Crippen LogP contribution is -2.15. The van der Waals surface area contributed by atoms with Crippen molar-refractivity contribution in [1.82, 2.24) is 4.90 Å². The monoisotopic (exact) mass is 400 g/mol. The van der Waals surface area contributed by atoms with E-state index in [0.717, 1.165) is 41.0 Å². The minimum absolute atomic E-state index is 0. The van der Waals surface area contributed by atoms with E-state index >= 15 is 0 Å². The Labute approximate surface area is 173 Å². The zero-order valence-electron chi connectivity index (χ0n) is 17.0. The van der Waals surface area contributed by atoms with Crippen molar-refractivity contribution in [2.75, 3.05) is 46.2 Å². The minimum Gasteiger partial charge on any atom is -0.493 e. The summed E-state index contributed by atoms with van der Waals surface area (Å²) in [6.07, 6.45) is 5.07. The van der Waals surface area contributed by atoms with Gasteiger partial charge in [-0.05, 0) is 62.5 Å². The van der Waals surface area contributed by atoms with Gasteiger partial charge in [0.05, 0.1) is 6.61 Å². The van der Waals surface area contributed by atoms with E-state index < -0.39 is 0 Å². The van der Waals surface area contributed by atoms with E-state index in [-0.39, 0.29) is 12.4 Å². The van der Waals surface area contributed by atoms with Gasteiger partial charge in [0.25, 0.3) is 0 Å². The number of ether oxygens (including phenoxy) is 1. The minimum atomic E-state index is 0. The van der Waals surface area contributed by atoms with Crippen LogP contribution in [0.4, 0.5) is 5.69 Å². The zero-order chi connectivity index (χ0) is 19.2. The van der Waals surface area contributed by atoms with Crippen LogP contribution in [0.3, 0.4) is 0 Å². The molecule has 5 heteroatoms. The van der Waals surface area contributed by atoms with Crippen LogP contribution in [-0.4, -0.2) is 46.2 Å². The van der Waals surface area contributed by atoms with Gasteiger partial charge in [0.15, 0.2) is 0 Å². The van der Waals surface area contributed by atoms with Crippen LogP contribution in [0.2, 0.25) is 0 Å². The molecule has 0 amide bonds. The molecule has 28 heavy (non-hydrogen) atoms. The fourth-order valence-electron chi connectivity index (χ4n) is 2.84. The van der Waals surface area contributed by atoms with Gasteiger partial charge in [0.1, 0.15) is 17.1 Å². The second kappa shape index (κ2) is 10.2. The third kappa shape index (κ3) is 6.04. The molecule has 1 heterocycles. The Morgan fingerprint density at radius 2 is 1.68 bits per heavy atom. The fraction of sp³-hybridized carbons (Fsp3) is 0.304. The van der Waals surface area contributed by atoms with Crippen LogP contribution < -0.4 is 9.64 Å². The highest BCUT2D eigenvalue weighted by molar-refractivity contribution is 5.85. The van der Waals surface area contributed by atoms with Gasteiger partial charge in [-0.2, -0.15) is 0 Å². The Hall–Kier alpha value is -2.43. The van der Waals surface area contributed by atoms with Crippen LogP contribution in [0.15, 0.2) is 52.9 Å². The van der Waals surface area contributed by atoms with E-state index in [1.54, 1.807) is 0 Å². The third-order valence-electron chi connectivity index (χ3n) is 4.38. The average Bonchev–Trinajstić information content (AvgIpc) is 3.06. The largest absolute Gasteiger partial charge is 0.493 e. The third-order valence-corrected chi connectivity index (χ3v) is 4.38. The van der Waals surface area contributed by atoms with Gasteiger partial charge in [0, 0.05) is 37.8 Å². The molecule has 150 valence electrons. The first-order chi connectivity index (χ1) is 13.0. The summed E-state index contributed by atoms with van der Waals surface area (Å²) in [5, 5.41) is 1.08. The lowest BCUT2D eigenvalue weighted by molar-refractivity contribution is 0.281. The maximum absolute atomic E-state index is 5.95. The summed E-state index contributed by atoms with van der Waals surface area (Å²) >= 11 is 0. The Bertz CT molecular complexity index is 899. The van der Waals surface area contributed by atoms with Crippen LogP contribution in [0.1, 0.15) is 17.7 Å². The molecule has 0 radical (unpaired) electrons. The number of hydrogen-bond acceptors (Lipinski definition) is 4. The highest BCUT2D eigenvalue weighted by atomic mass is 35.5. The van der Waals surface area contributed by atoms with Crippen LogP contribution in [0.25, 0.3) is 23.1 Å². The van der Waals surface area contributed by atoms with Crippen molar-refractivity contribution in [2.45, 2.75) is 6.42 Å². The van der Waals surface area contributed by atoms with Crippen molar-refractivity contribution in [3.8, 4) is 5.75 Å². The van der Waals surface area contributed by atoms with Crippen molar-refractivity contribution < 1.29 is 9.15 Å². The van der Waals surface area contributed by atoms with E-state index in [9.17, 15) is 0 Å². The predicted molar refractivity (Wildman–Crippen MR) is 122 cm³/mol. The van der Waals surface area contributed by atoms with Crippen molar-refractivity contribution >= 4 is 41.2 Å². The topological polar surface area (TPSA) is 28.9 Å². The first kappa shape index (κ1) is 21.9. The molecule has 0 aliphatic carbocycles. The van der Waals surface area contributed by atoms with Crippen molar-refractivity contribution in [2.24, 2.45) is 0 Å². The van der Waals surface area contributed by atoms with Gasteiger partial charge in [-0.15, -0.1) is 12.4 Å². The molecule has 0 aliphatic rings. The number of nitrogens with zero attached hydrogens (tertiary/aromatic N) is 2. The normalized spacial score (nSPS) is 11.2. The first-order valence-corrected chi connectivity index (χ1v) is 9.28. The maximum Gasteiger partial charge on any atom is 0.138 e. The first-order valence-electron chi connectivity index (χ1n) is 9.28. The summed E-state index contributed by atoms with van der Waals surface area (Å²) in [5.41, 5.74) is 3.18. The summed E-state index contributed by atoms with van der Waals surface area (Å²) in [7, 11) is 8.22. The van der Waals surface area contributed by atoms with Crippen LogP contribution >= 0.6 is 12.4 Å². The SMILES string of the molecule is CN(C)CCCOc1ccc2cc(/C=C/c3ccc(N(C)C)cc3)oc2c1.Cl. The number of furan rings is 1. The van der Waals surface area contributed by atoms with Crippen LogP contribution in [0.5, 0.6) is 5.75 Å². The van der Waals surface area contributed by atoms with Crippen molar-refractivity contribution in [1.29, 1.82) is 0 Å². The number of hydrogen-bond donors (Lipinski definition) is 0. The molecule has 0 atom stereocenters. The lowest BCUT2D eigenvalue weighted by Gasteiger charge is -2.11. The Balaban J connectivity index is 0.00000280. The molecule has 3 rings (SSSR count). The number of halogens is 1. The quantitative estimate of drug-likeness (QED) is 0.472.